The Morgan fingerprint density at radius 1 is 0.971 bits per heavy atom. The lowest BCUT2D eigenvalue weighted by Gasteiger charge is -2.22. The van der Waals surface area contributed by atoms with Gasteiger partial charge in [-0.1, -0.05) is 35.5 Å². The number of anilines is 1. The molecule has 0 aliphatic carbocycles. The van der Waals surface area contributed by atoms with Crippen molar-refractivity contribution in [2.24, 2.45) is 5.16 Å². The number of non-ortho nitro benzene ring substituents is 1. The second-order valence-corrected chi connectivity index (χ2v) is 7.15. The minimum Gasteiger partial charge on any atom is -0.411 e. The minimum atomic E-state index is -4.95. The Morgan fingerprint density at radius 2 is 1.62 bits per heavy atom. The molecule has 1 unspecified atom stereocenters. The predicted octanol–water partition coefficient (Wildman–Crippen LogP) is 5.94. The van der Waals surface area contributed by atoms with Crippen molar-refractivity contribution in [3.8, 4) is 0 Å². The van der Waals surface area contributed by atoms with Crippen molar-refractivity contribution in [1.82, 2.24) is 0 Å². The number of alkyl halides is 3. The van der Waals surface area contributed by atoms with Crippen molar-refractivity contribution in [1.29, 1.82) is 0 Å². The summed E-state index contributed by atoms with van der Waals surface area (Å²) in [6.45, 7) is 0. The van der Waals surface area contributed by atoms with Crippen LogP contribution in [0.4, 0.5) is 30.2 Å². The molecule has 1 atom stereocenters. The third kappa shape index (κ3) is 5.65. The third-order valence-electron chi connectivity index (χ3n) is 4.97. The maximum Gasteiger partial charge on any atom is 0.423 e. The molecule has 0 saturated carbocycles. The van der Waals surface area contributed by atoms with Crippen LogP contribution in [0.2, 0.25) is 0 Å². The summed E-state index contributed by atoms with van der Waals surface area (Å²) < 4.78 is 40.2. The summed E-state index contributed by atoms with van der Waals surface area (Å²) >= 11 is 0. The molecule has 0 aromatic heterocycles. The zero-order chi connectivity index (χ0) is 24.9. The van der Waals surface area contributed by atoms with E-state index in [1.807, 2.05) is 0 Å². The number of benzene rings is 3. The summed E-state index contributed by atoms with van der Waals surface area (Å²) in [5.74, 6) is 0. The van der Waals surface area contributed by atoms with Crippen LogP contribution in [0.5, 0.6) is 0 Å². The summed E-state index contributed by atoms with van der Waals surface area (Å²) in [7, 11) is 0. The van der Waals surface area contributed by atoms with Crippen molar-refractivity contribution in [2.45, 2.75) is 18.6 Å². The molecule has 0 amide bonds. The Balaban J connectivity index is 1.96. The van der Waals surface area contributed by atoms with E-state index < -0.39 is 33.3 Å². The van der Waals surface area contributed by atoms with Crippen LogP contribution in [-0.2, 0) is 6.18 Å². The molecule has 3 aromatic carbocycles. The summed E-state index contributed by atoms with van der Waals surface area (Å²) in [4.78, 5) is 20.2. The smallest absolute Gasteiger partial charge is 0.411 e. The van der Waals surface area contributed by atoms with Crippen molar-refractivity contribution >= 4 is 22.8 Å². The van der Waals surface area contributed by atoms with Gasteiger partial charge in [0.1, 0.15) is 5.56 Å². The molecule has 0 saturated heterocycles. The second-order valence-electron chi connectivity index (χ2n) is 7.15. The van der Waals surface area contributed by atoms with Gasteiger partial charge in [-0.05, 0) is 35.4 Å². The lowest BCUT2D eigenvalue weighted by Crippen LogP contribution is -2.17. The van der Waals surface area contributed by atoms with Gasteiger partial charge >= 0.3 is 6.18 Å². The first-order chi connectivity index (χ1) is 16.1. The topological polar surface area (TPSA) is 131 Å². The summed E-state index contributed by atoms with van der Waals surface area (Å²) in [6.07, 6.45) is -4.96. The molecular formula is C22H17F3N4O5. The third-order valence-corrected chi connectivity index (χ3v) is 4.97. The van der Waals surface area contributed by atoms with Gasteiger partial charge in [0.25, 0.3) is 11.4 Å². The Labute approximate surface area is 190 Å². The predicted molar refractivity (Wildman–Crippen MR) is 117 cm³/mol. The molecule has 34 heavy (non-hydrogen) atoms. The molecule has 0 spiro atoms. The molecule has 0 bridgehead atoms. The van der Waals surface area contributed by atoms with Crippen LogP contribution < -0.4 is 5.32 Å². The molecule has 3 rings (SSSR count). The monoisotopic (exact) mass is 474 g/mol. The first kappa shape index (κ1) is 24.2. The van der Waals surface area contributed by atoms with Crippen LogP contribution in [0.15, 0.2) is 78.0 Å². The lowest BCUT2D eigenvalue weighted by atomic mass is 9.96. The van der Waals surface area contributed by atoms with Gasteiger partial charge in [0.2, 0.25) is 0 Å². The van der Waals surface area contributed by atoms with Crippen LogP contribution in [-0.4, -0.2) is 20.8 Å². The van der Waals surface area contributed by atoms with E-state index in [2.05, 4.69) is 10.5 Å². The van der Waals surface area contributed by atoms with Crippen molar-refractivity contribution < 1.29 is 28.2 Å². The first-order valence-corrected chi connectivity index (χ1v) is 9.73. The molecular weight excluding hydrogens is 457 g/mol. The standard InChI is InChI=1S/C22H17F3N4O5/c23-22(24,25)18-12-16(8-11-21(18)29(33)34)26-19(14-4-2-1-3-5-14)13-20(27-30)15-6-9-17(10-7-15)28(31)32/h1-12,19,26,30H,13H2/b27-20-. The molecule has 0 radical (unpaired) electrons. The molecule has 0 heterocycles. The van der Waals surface area contributed by atoms with Crippen LogP contribution >= 0.6 is 0 Å². The van der Waals surface area contributed by atoms with E-state index >= 15 is 0 Å². The van der Waals surface area contributed by atoms with E-state index in [1.165, 1.54) is 24.3 Å². The number of oxime groups is 1. The minimum absolute atomic E-state index is 0.0172. The maximum atomic E-state index is 13.4. The van der Waals surface area contributed by atoms with Crippen LogP contribution in [0, 0.1) is 20.2 Å². The highest BCUT2D eigenvalue weighted by Gasteiger charge is 2.38. The molecule has 0 aliphatic heterocycles. The second kappa shape index (κ2) is 9.98. The molecule has 9 nitrogen and oxygen atoms in total. The Morgan fingerprint density at radius 3 is 2.15 bits per heavy atom. The number of hydrogen-bond acceptors (Lipinski definition) is 7. The number of halogens is 3. The normalized spacial score (nSPS) is 12.7. The van der Waals surface area contributed by atoms with E-state index in [9.17, 15) is 38.6 Å². The van der Waals surface area contributed by atoms with Crippen molar-refractivity contribution in [2.75, 3.05) is 5.32 Å². The Hall–Kier alpha value is -4.48. The quantitative estimate of drug-likeness (QED) is 0.180. The van der Waals surface area contributed by atoms with Crippen molar-refractivity contribution in [3.63, 3.8) is 0 Å². The number of hydrogen-bond donors (Lipinski definition) is 2. The molecule has 176 valence electrons. The average molecular weight is 474 g/mol. The van der Waals surface area contributed by atoms with Gasteiger partial charge in [0.15, 0.2) is 0 Å². The molecule has 3 aromatic rings. The summed E-state index contributed by atoms with van der Waals surface area (Å²) in [5, 5.41) is 37.7. The maximum absolute atomic E-state index is 13.4. The number of nitrogens with one attached hydrogen (secondary N) is 1. The van der Waals surface area contributed by atoms with Gasteiger partial charge in [0.05, 0.1) is 21.6 Å². The molecule has 12 heteroatoms. The van der Waals surface area contributed by atoms with Crippen LogP contribution in [0.1, 0.15) is 29.2 Å². The van der Waals surface area contributed by atoms with Crippen LogP contribution in [0.3, 0.4) is 0 Å². The van der Waals surface area contributed by atoms with Crippen LogP contribution in [0.25, 0.3) is 0 Å². The van der Waals surface area contributed by atoms with Gasteiger partial charge in [-0.25, -0.2) is 0 Å². The number of nitrogens with zero attached hydrogens (tertiary/aromatic N) is 3. The SMILES string of the molecule is O=[N+]([O-])c1ccc(/C(CC(Nc2ccc([N+](=O)[O-])c(C(F)(F)F)c2)c2ccccc2)=N\O)cc1. The zero-order valence-corrected chi connectivity index (χ0v) is 17.3. The largest absolute Gasteiger partial charge is 0.423 e. The fraction of sp³-hybridized carbons (Fsp3) is 0.136. The highest BCUT2D eigenvalue weighted by atomic mass is 19.4. The fourth-order valence-electron chi connectivity index (χ4n) is 3.34. The van der Waals surface area contributed by atoms with Gasteiger partial charge in [-0.3, -0.25) is 20.2 Å². The fourth-order valence-corrected chi connectivity index (χ4v) is 3.34. The number of nitro groups is 2. The highest BCUT2D eigenvalue weighted by molar-refractivity contribution is 6.01. The Kier molecular flexibility index (Phi) is 7.09. The highest BCUT2D eigenvalue weighted by Crippen LogP contribution is 2.38. The molecule has 0 fully saturated rings. The molecule has 0 aliphatic rings. The first-order valence-electron chi connectivity index (χ1n) is 9.73. The zero-order valence-electron chi connectivity index (χ0n) is 17.3. The number of rotatable bonds is 8. The van der Waals surface area contributed by atoms with E-state index in [4.69, 9.17) is 0 Å². The average Bonchev–Trinajstić information content (AvgIpc) is 2.81. The van der Waals surface area contributed by atoms with E-state index in [-0.39, 0.29) is 23.5 Å². The van der Waals surface area contributed by atoms with Gasteiger partial charge in [-0.15, -0.1) is 0 Å². The van der Waals surface area contributed by atoms with E-state index in [0.29, 0.717) is 17.2 Å². The van der Waals surface area contributed by atoms with E-state index in [0.717, 1.165) is 12.1 Å². The van der Waals surface area contributed by atoms with Gasteiger partial charge < -0.3 is 10.5 Å². The molecule has 2 N–H and O–H groups in total. The summed E-state index contributed by atoms with van der Waals surface area (Å²) in [6, 6.07) is 15.7. The summed E-state index contributed by atoms with van der Waals surface area (Å²) in [5.41, 5.74) is -1.54. The van der Waals surface area contributed by atoms with E-state index in [1.54, 1.807) is 30.3 Å². The Bertz CT molecular complexity index is 1220. The number of nitro benzene ring substituents is 2. The van der Waals surface area contributed by atoms with Gasteiger partial charge in [-0.2, -0.15) is 13.2 Å². The van der Waals surface area contributed by atoms with Gasteiger partial charge in [0, 0.05) is 30.3 Å². The van der Waals surface area contributed by atoms with Crippen molar-refractivity contribution in [3.05, 3.63) is 110 Å². The lowest BCUT2D eigenvalue weighted by molar-refractivity contribution is -0.388.